The fraction of sp³-hybridized carbons (Fsp3) is 0.474. The number of aromatic carboxylic acids is 1. The highest BCUT2D eigenvalue weighted by molar-refractivity contribution is 7.15. The molecule has 2 aromatic heterocycles. The molecular weight excluding hydrogens is 368 g/mol. The van der Waals surface area contributed by atoms with Gasteiger partial charge in [-0.2, -0.15) is 0 Å². The van der Waals surface area contributed by atoms with Gasteiger partial charge in [-0.15, -0.1) is 22.7 Å². The first-order chi connectivity index (χ1) is 12.4. The molecule has 1 aliphatic rings. The average molecular weight is 395 g/mol. The summed E-state index contributed by atoms with van der Waals surface area (Å²) in [5.41, 5.74) is 2.33. The van der Waals surface area contributed by atoms with Crippen LogP contribution in [0.5, 0.6) is 0 Å². The van der Waals surface area contributed by atoms with Crippen molar-refractivity contribution < 1.29 is 14.7 Å². The Morgan fingerprint density at radius 1 is 1.23 bits per heavy atom. The van der Waals surface area contributed by atoms with Gasteiger partial charge in [0.15, 0.2) is 6.29 Å². The zero-order valence-electron chi connectivity index (χ0n) is 15.7. The molecule has 0 radical (unpaired) electrons. The Morgan fingerprint density at radius 2 is 1.85 bits per heavy atom. The van der Waals surface area contributed by atoms with Gasteiger partial charge in [-0.25, -0.2) is 4.79 Å². The molecule has 0 aromatic carbocycles. The summed E-state index contributed by atoms with van der Waals surface area (Å²) in [5, 5.41) is 10.8. The lowest BCUT2D eigenvalue weighted by Crippen LogP contribution is -2.25. The van der Waals surface area contributed by atoms with Crippen molar-refractivity contribution in [3.8, 4) is 0 Å². The molecule has 0 unspecified atom stereocenters. The number of aryl methyl sites for hydroxylation is 2. The molecule has 1 fully saturated rings. The van der Waals surface area contributed by atoms with Gasteiger partial charge in [-0.1, -0.05) is 13.8 Å². The number of carbonyl (C=O) groups excluding carboxylic acids is 1. The maximum Gasteiger partial charge on any atom is 0.345 e. The van der Waals surface area contributed by atoms with Gasteiger partial charge in [-0.3, -0.25) is 14.6 Å². The maximum absolute atomic E-state index is 10.5. The number of rotatable bonds is 5. The monoisotopic (exact) mass is 394 g/mol. The lowest BCUT2D eigenvalue weighted by Gasteiger charge is -2.24. The van der Waals surface area contributed by atoms with Gasteiger partial charge in [0.1, 0.15) is 4.88 Å². The van der Waals surface area contributed by atoms with E-state index in [1.165, 1.54) is 23.5 Å². The average Bonchev–Trinajstić information content (AvgIpc) is 3.33. The van der Waals surface area contributed by atoms with E-state index in [2.05, 4.69) is 42.3 Å². The highest BCUT2D eigenvalue weighted by atomic mass is 32.1. The van der Waals surface area contributed by atoms with Crippen molar-refractivity contribution >= 4 is 34.9 Å². The number of carbonyl (C=O) groups is 2. The summed E-state index contributed by atoms with van der Waals surface area (Å²) in [6, 6.07) is 3.82. The first-order valence-corrected chi connectivity index (χ1v) is 10.4. The van der Waals surface area contributed by atoms with Crippen LogP contribution in [0.15, 0.2) is 17.5 Å². The highest BCUT2D eigenvalue weighted by Gasteiger charge is 2.29. The number of thiophene rings is 2. The second-order valence-electron chi connectivity index (χ2n) is 6.28. The summed E-state index contributed by atoms with van der Waals surface area (Å²) < 4.78 is 0. The van der Waals surface area contributed by atoms with Crippen molar-refractivity contribution in [1.29, 1.82) is 0 Å². The maximum atomic E-state index is 10.5. The van der Waals surface area contributed by atoms with Gasteiger partial charge in [0, 0.05) is 18.0 Å². The molecule has 1 N–H and O–H groups in total. The largest absolute Gasteiger partial charge is 0.477 e. The van der Waals surface area contributed by atoms with E-state index >= 15 is 0 Å². The summed E-state index contributed by atoms with van der Waals surface area (Å²) in [4.78, 5) is 28.1. The SMILES string of the molecule is CCc1cc(C(=O)O)sc1C=O.CCc1ccsc1C1N(C)CCN1C. The smallest absolute Gasteiger partial charge is 0.345 e. The summed E-state index contributed by atoms with van der Waals surface area (Å²) in [7, 11) is 4.43. The van der Waals surface area contributed by atoms with Crippen LogP contribution in [0.2, 0.25) is 0 Å². The Hall–Kier alpha value is -1.54. The minimum Gasteiger partial charge on any atom is -0.477 e. The number of hydrogen-bond acceptors (Lipinski definition) is 6. The molecule has 0 spiro atoms. The fourth-order valence-electron chi connectivity index (χ4n) is 3.09. The predicted molar refractivity (Wildman–Crippen MR) is 108 cm³/mol. The third kappa shape index (κ3) is 4.59. The minimum absolute atomic E-state index is 0.231. The Morgan fingerprint density at radius 3 is 2.31 bits per heavy atom. The molecule has 7 heteroatoms. The normalized spacial score (nSPS) is 15.7. The number of likely N-dealkylation sites (N-methyl/N-ethyl adjacent to an activating group) is 2. The topological polar surface area (TPSA) is 60.9 Å². The van der Waals surface area contributed by atoms with Crippen LogP contribution in [0, 0.1) is 0 Å². The molecule has 0 amide bonds. The molecule has 3 heterocycles. The molecule has 1 saturated heterocycles. The zero-order chi connectivity index (χ0) is 19.3. The summed E-state index contributed by atoms with van der Waals surface area (Å²) in [6.07, 6.45) is 3.06. The van der Waals surface area contributed by atoms with E-state index in [-0.39, 0.29) is 4.88 Å². The third-order valence-corrected chi connectivity index (χ3v) is 6.67. The number of carboxylic acid groups (broad SMARTS) is 1. The van der Waals surface area contributed by atoms with E-state index in [0.29, 0.717) is 23.7 Å². The van der Waals surface area contributed by atoms with Crippen LogP contribution in [0.1, 0.15) is 55.4 Å². The van der Waals surface area contributed by atoms with Crippen molar-refractivity contribution in [3.63, 3.8) is 0 Å². The van der Waals surface area contributed by atoms with Crippen molar-refractivity contribution in [2.45, 2.75) is 32.9 Å². The third-order valence-electron chi connectivity index (χ3n) is 4.58. The standard InChI is InChI=1S/C11H18N2S.C8H8O3S/c1-4-9-5-8-14-10(9)11-12(2)6-7-13(11)3;1-2-5-3-6(8(10)11)12-7(5)4-9/h5,8,11H,4,6-7H2,1-3H3;3-4H,2H2,1H3,(H,10,11). The van der Waals surface area contributed by atoms with Gasteiger partial charge < -0.3 is 5.11 Å². The first-order valence-electron chi connectivity index (χ1n) is 8.70. The van der Waals surface area contributed by atoms with Crippen LogP contribution in [-0.2, 0) is 12.8 Å². The van der Waals surface area contributed by atoms with Crippen molar-refractivity contribution in [3.05, 3.63) is 43.3 Å². The lowest BCUT2D eigenvalue weighted by atomic mass is 10.2. The summed E-state index contributed by atoms with van der Waals surface area (Å²) in [5.74, 6) is -0.970. The second-order valence-corrected chi connectivity index (χ2v) is 8.31. The number of aldehydes is 1. The Balaban J connectivity index is 0.000000190. The zero-order valence-corrected chi connectivity index (χ0v) is 17.3. The number of nitrogens with zero attached hydrogens (tertiary/aromatic N) is 2. The predicted octanol–water partition coefficient (Wildman–Crippen LogP) is 4.01. The van der Waals surface area contributed by atoms with Crippen LogP contribution in [0.3, 0.4) is 0 Å². The van der Waals surface area contributed by atoms with Gasteiger partial charge in [0.2, 0.25) is 0 Å². The molecule has 26 heavy (non-hydrogen) atoms. The van der Waals surface area contributed by atoms with Gasteiger partial charge in [0.05, 0.1) is 11.0 Å². The Kier molecular flexibility index (Phi) is 7.52. The molecule has 0 bridgehead atoms. The van der Waals surface area contributed by atoms with E-state index in [4.69, 9.17) is 5.11 Å². The van der Waals surface area contributed by atoms with Crippen LogP contribution in [0.25, 0.3) is 0 Å². The molecule has 0 saturated carbocycles. The van der Waals surface area contributed by atoms with Crippen molar-refractivity contribution in [2.75, 3.05) is 27.2 Å². The van der Waals surface area contributed by atoms with Gasteiger partial charge >= 0.3 is 5.97 Å². The highest BCUT2D eigenvalue weighted by Crippen LogP contribution is 2.33. The molecular formula is C19H26N2O3S2. The van der Waals surface area contributed by atoms with Crippen molar-refractivity contribution in [2.24, 2.45) is 0 Å². The summed E-state index contributed by atoms with van der Waals surface area (Å²) >= 11 is 2.92. The number of carboxylic acids is 1. The molecule has 142 valence electrons. The van der Waals surface area contributed by atoms with E-state index in [9.17, 15) is 9.59 Å². The molecule has 1 aliphatic heterocycles. The molecule has 2 aromatic rings. The van der Waals surface area contributed by atoms with Crippen molar-refractivity contribution in [1.82, 2.24) is 9.80 Å². The number of hydrogen-bond donors (Lipinski definition) is 1. The molecule has 0 atom stereocenters. The van der Waals surface area contributed by atoms with Crippen LogP contribution >= 0.6 is 22.7 Å². The minimum atomic E-state index is -0.970. The lowest BCUT2D eigenvalue weighted by molar-refractivity contribution is 0.0702. The van der Waals surface area contributed by atoms with Crippen LogP contribution in [-0.4, -0.2) is 54.3 Å². The Bertz CT molecular complexity index is 744. The van der Waals surface area contributed by atoms with E-state index in [0.717, 1.165) is 23.3 Å². The van der Waals surface area contributed by atoms with Crippen LogP contribution < -0.4 is 0 Å². The molecule has 5 nitrogen and oxygen atoms in total. The van der Waals surface area contributed by atoms with Crippen LogP contribution in [0.4, 0.5) is 0 Å². The fourth-order valence-corrected chi connectivity index (χ4v) is 5.22. The van der Waals surface area contributed by atoms with Gasteiger partial charge in [-0.05, 0) is 55.6 Å². The first kappa shape index (κ1) is 20.8. The summed E-state index contributed by atoms with van der Waals surface area (Å²) in [6.45, 7) is 6.49. The second kappa shape index (κ2) is 9.41. The van der Waals surface area contributed by atoms with E-state index in [1.54, 1.807) is 6.07 Å². The molecule has 0 aliphatic carbocycles. The van der Waals surface area contributed by atoms with Gasteiger partial charge in [0.25, 0.3) is 0 Å². The quantitative estimate of drug-likeness (QED) is 0.777. The van der Waals surface area contributed by atoms with E-state index < -0.39 is 5.97 Å². The molecule has 3 rings (SSSR count). The van der Waals surface area contributed by atoms with E-state index in [1.807, 2.05) is 18.3 Å². The Labute approximate surface area is 162 Å².